The Kier molecular flexibility index (Phi) is 6.42. The fourth-order valence-electron chi connectivity index (χ4n) is 9.16. The van der Waals surface area contributed by atoms with Crippen molar-refractivity contribution in [3.05, 3.63) is 11.1 Å². The number of carboxylic acids is 1. The normalized spacial score (nSPS) is 42.0. The molecule has 5 nitrogen and oxygen atoms in total. The molecule has 4 aliphatic carbocycles. The van der Waals surface area contributed by atoms with Crippen molar-refractivity contribution in [1.82, 2.24) is 0 Å². The zero-order valence-electron chi connectivity index (χ0n) is 22.1. The molecule has 0 aromatic carbocycles. The lowest BCUT2D eigenvalue weighted by Crippen LogP contribution is -2.54. The van der Waals surface area contributed by atoms with Gasteiger partial charge in [0, 0.05) is 12.3 Å². The molecular weight excluding hydrogens is 428 g/mol. The molecule has 0 aliphatic heterocycles. The molecule has 192 valence electrons. The fraction of sp³-hybridized carbons (Fsp3) is 0.862. The summed E-state index contributed by atoms with van der Waals surface area (Å²) < 4.78 is 0. The third kappa shape index (κ3) is 3.55. The molecule has 0 saturated heterocycles. The molecule has 34 heavy (non-hydrogen) atoms. The summed E-state index contributed by atoms with van der Waals surface area (Å²) in [6.07, 6.45) is 7.16. The average molecular weight is 475 g/mol. The Balaban J connectivity index is 1.68. The Morgan fingerprint density at radius 1 is 1.06 bits per heavy atom. The zero-order valence-corrected chi connectivity index (χ0v) is 22.1. The van der Waals surface area contributed by atoms with E-state index in [9.17, 15) is 24.9 Å². The summed E-state index contributed by atoms with van der Waals surface area (Å²) in [6, 6.07) is 0. The van der Waals surface area contributed by atoms with E-state index in [1.807, 2.05) is 0 Å². The smallest absolute Gasteiger partial charge is 0.314 e. The third-order valence-corrected chi connectivity index (χ3v) is 11.4. The van der Waals surface area contributed by atoms with E-state index in [1.54, 1.807) is 13.8 Å². The van der Waals surface area contributed by atoms with Gasteiger partial charge >= 0.3 is 5.97 Å². The zero-order chi connectivity index (χ0) is 25.3. The van der Waals surface area contributed by atoms with Gasteiger partial charge in [-0.25, -0.2) is 0 Å². The Morgan fingerprint density at radius 3 is 2.35 bits per heavy atom. The third-order valence-electron chi connectivity index (χ3n) is 11.4. The molecule has 5 heteroatoms. The molecule has 3 N–H and O–H groups in total. The number of aliphatic hydroxyl groups is 2. The summed E-state index contributed by atoms with van der Waals surface area (Å²) in [7, 11) is 0. The molecule has 0 amide bonds. The minimum absolute atomic E-state index is 0.0504. The highest BCUT2D eigenvalue weighted by Crippen LogP contribution is 2.71. The number of aliphatic carboxylic acids is 1. The molecule has 0 bridgehead atoms. The van der Waals surface area contributed by atoms with Crippen molar-refractivity contribution >= 4 is 11.8 Å². The monoisotopic (exact) mass is 474 g/mol. The summed E-state index contributed by atoms with van der Waals surface area (Å²) in [4.78, 5) is 25.7. The van der Waals surface area contributed by atoms with Gasteiger partial charge in [-0.15, -0.1) is 0 Å². The molecule has 0 heterocycles. The van der Waals surface area contributed by atoms with E-state index < -0.39 is 23.1 Å². The minimum Gasteiger partial charge on any atom is -0.481 e. The van der Waals surface area contributed by atoms with E-state index in [0.717, 1.165) is 44.9 Å². The number of hydrogen-bond acceptors (Lipinski definition) is 4. The number of Topliss-reactive ketones (excluding diaryl/α,β-unsaturated/α-hetero) is 1. The first-order valence-electron chi connectivity index (χ1n) is 13.6. The van der Waals surface area contributed by atoms with Crippen LogP contribution >= 0.6 is 0 Å². The number of fused-ring (bicyclic) bond motifs is 4. The van der Waals surface area contributed by atoms with Gasteiger partial charge in [0.1, 0.15) is 5.78 Å². The summed E-state index contributed by atoms with van der Waals surface area (Å²) in [6.45, 7) is 12.1. The van der Waals surface area contributed by atoms with Crippen molar-refractivity contribution < 1.29 is 24.9 Å². The van der Waals surface area contributed by atoms with Gasteiger partial charge in [0.2, 0.25) is 0 Å². The van der Waals surface area contributed by atoms with Crippen LogP contribution in [0.1, 0.15) is 106 Å². The number of ketones is 1. The summed E-state index contributed by atoms with van der Waals surface area (Å²) in [5.74, 6) is 0.690. The number of rotatable bonds is 6. The molecule has 2 saturated carbocycles. The Labute approximate surface area is 205 Å². The number of carbonyl (C=O) groups excluding carboxylic acids is 1. The molecule has 0 aromatic heterocycles. The van der Waals surface area contributed by atoms with Crippen molar-refractivity contribution in [2.24, 2.45) is 39.9 Å². The van der Waals surface area contributed by atoms with Crippen LogP contribution in [0.25, 0.3) is 0 Å². The maximum atomic E-state index is 13.2. The van der Waals surface area contributed by atoms with Crippen LogP contribution in [0, 0.1) is 39.9 Å². The van der Waals surface area contributed by atoms with E-state index >= 15 is 0 Å². The Bertz CT molecular complexity index is 883. The summed E-state index contributed by atoms with van der Waals surface area (Å²) in [5, 5.41) is 31.4. The largest absolute Gasteiger partial charge is 0.481 e. The SMILES string of the molecule is C[C@H](CCC(O)C(C)(C)O)[C@H]1CC[C@@]2(C(=O)O)C3=C(CC[C@]12C)[C@@]1(C)CCC(=O)[C@@H](C)[C@@H]1CC3. The van der Waals surface area contributed by atoms with Crippen LogP contribution in [-0.2, 0) is 9.59 Å². The lowest BCUT2D eigenvalue weighted by Gasteiger charge is -2.58. The first-order chi connectivity index (χ1) is 15.7. The second kappa shape index (κ2) is 8.44. The maximum absolute atomic E-state index is 13.2. The molecule has 4 rings (SSSR count). The first kappa shape index (κ1) is 25.9. The Hall–Kier alpha value is -1.20. The molecule has 2 fully saturated rings. The van der Waals surface area contributed by atoms with E-state index in [2.05, 4.69) is 27.7 Å². The predicted octanol–water partition coefficient (Wildman–Crippen LogP) is 5.53. The van der Waals surface area contributed by atoms with Crippen LogP contribution in [0.15, 0.2) is 11.1 Å². The van der Waals surface area contributed by atoms with Crippen molar-refractivity contribution in [3.63, 3.8) is 0 Å². The van der Waals surface area contributed by atoms with Crippen molar-refractivity contribution in [3.8, 4) is 0 Å². The summed E-state index contributed by atoms with van der Waals surface area (Å²) in [5.41, 5.74) is 0.296. The van der Waals surface area contributed by atoms with Crippen LogP contribution in [0.3, 0.4) is 0 Å². The molecule has 4 aliphatic rings. The predicted molar refractivity (Wildman–Crippen MR) is 132 cm³/mol. The highest BCUT2D eigenvalue weighted by atomic mass is 16.4. The molecule has 0 aromatic rings. The fourth-order valence-corrected chi connectivity index (χ4v) is 9.16. The van der Waals surface area contributed by atoms with Gasteiger partial charge in [0.05, 0.1) is 17.1 Å². The second-order valence-corrected chi connectivity index (χ2v) is 13.3. The second-order valence-electron chi connectivity index (χ2n) is 13.3. The highest BCUT2D eigenvalue weighted by Gasteiger charge is 2.67. The number of aliphatic hydroxyl groups excluding tert-OH is 1. The van der Waals surface area contributed by atoms with Crippen LogP contribution in [0.2, 0.25) is 0 Å². The van der Waals surface area contributed by atoms with Crippen molar-refractivity contribution in [1.29, 1.82) is 0 Å². The van der Waals surface area contributed by atoms with Crippen LogP contribution in [0.4, 0.5) is 0 Å². The number of carbonyl (C=O) groups is 2. The molecule has 0 radical (unpaired) electrons. The van der Waals surface area contributed by atoms with Gasteiger partial charge in [-0.05, 0) is 100 Å². The van der Waals surface area contributed by atoms with Crippen LogP contribution in [-0.4, -0.2) is 38.8 Å². The standard InChI is InChI=1S/C29H46O5/c1-17(7-10-24(31)26(3,4)34)19-12-16-29(25(32)33)22-9-8-20-18(2)23(30)13-14-27(20,5)21(22)11-15-28(19,29)6/h17-20,24,31,34H,7-16H2,1-6H3,(H,32,33)/t17-,18+,19-,20+,24?,27+,28-,29+/m1/s1. The number of hydrogen-bond donors (Lipinski definition) is 3. The molecule has 1 unspecified atom stereocenters. The maximum Gasteiger partial charge on any atom is 0.314 e. The van der Waals surface area contributed by atoms with E-state index in [1.165, 1.54) is 11.1 Å². The lowest BCUT2D eigenvalue weighted by atomic mass is 9.45. The minimum atomic E-state index is -1.12. The first-order valence-corrected chi connectivity index (χ1v) is 13.6. The van der Waals surface area contributed by atoms with E-state index in [0.29, 0.717) is 31.0 Å². The van der Waals surface area contributed by atoms with Crippen molar-refractivity contribution in [2.45, 2.75) is 117 Å². The average Bonchev–Trinajstić information content (AvgIpc) is 3.08. The quantitative estimate of drug-likeness (QED) is 0.440. The lowest BCUT2D eigenvalue weighted by molar-refractivity contribution is -0.156. The van der Waals surface area contributed by atoms with Gasteiger partial charge in [0.25, 0.3) is 0 Å². The van der Waals surface area contributed by atoms with Crippen molar-refractivity contribution in [2.75, 3.05) is 0 Å². The van der Waals surface area contributed by atoms with E-state index in [4.69, 9.17) is 0 Å². The highest BCUT2D eigenvalue weighted by molar-refractivity contribution is 5.84. The molecule has 0 spiro atoms. The number of carboxylic acid groups (broad SMARTS) is 1. The van der Waals surface area contributed by atoms with Gasteiger partial charge < -0.3 is 15.3 Å². The van der Waals surface area contributed by atoms with Gasteiger partial charge in [0.15, 0.2) is 0 Å². The van der Waals surface area contributed by atoms with Gasteiger partial charge in [-0.2, -0.15) is 0 Å². The molecular formula is C29H46O5. The molecule has 8 atom stereocenters. The number of allylic oxidation sites excluding steroid dienone is 1. The topological polar surface area (TPSA) is 94.8 Å². The summed E-state index contributed by atoms with van der Waals surface area (Å²) >= 11 is 0. The van der Waals surface area contributed by atoms with Crippen LogP contribution < -0.4 is 0 Å². The van der Waals surface area contributed by atoms with E-state index in [-0.39, 0.29) is 28.6 Å². The van der Waals surface area contributed by atoms with Gasteiger partial charge in [-0.1, -0.05) is 38.8 Å². The van der Waals surface area contributed by atoms with Gasteiger partial charge in [-0.3, -0.25) is 9.59 Å². The Morgan fingerprint density at radius 2 is 1.74 bits per heavy atom. The van der Waals surface area contributed by atoms with Crippen LogP contribution in [0.5, 0.6) is 0 Å².